The van der Waals surface area contributed by atoms with E-state index in [1.807, 2.05) is 0 Å². The third kappa shape index (κ3) is 6.38. The van der Waals surface area contributed by atoms with Gasteiger partial charge in [-0.3, -0.25) is 14.4 Å². The van der Waals surface area contributed by atoms with Gasteiger partial charge in [0.25, 0.3) is 11.8 Å². The molecule has 0 spiro atoms. The van der Waals surface area contributed by atoms with Crippen LogP contribution >= 0.6 is 11.6 Å². The molecule has 0 radical (unpaired) electrons. The summed E-state index contributed by atoms with van der Waals surface area (Å²) in [6.45, 7) is 1.81. The fourth-order valence-electron chi connectivity index (χ4n) is 4.87. The van der Waals surface area contributed by atoms with Crippen molar-refractivity contribution < 1.29 is 14.4 Å². The second-order valence-corrected chi connectivity index (χ2v) is 9.82. The second-order valence-electron chi connectivity index (χ2n) is 9.38. The number of nitrogens with one attached hydrogen (secondary N) is 2. The Balaban J connectivity index is 1.34. The molecule has 2 fully saturated rings. The van der Waals surface area contributed by atoms with Crippen LogP contribution in [0, 0.1) is 11.8 Å². The Bertz CT molecular complexity index is 1020. The monoisotopic (exact) mass is 481 g/mol. The minimum Gasteiger partial charge on any atom is -0.356 e. The molecule has 1 atom stereocenters. The molecular weight excluding hydrogens is 450 g/mol. The summed E-state index contributed by atoms with van der Waals surface area (Å²) in [6, 6.07) is 13.6. The van der Waals surface area contributed by atoms with Crippen molar-refractivity contribution in [1.82, 2.24) is 10.2 Å². The molecule has 4 rings (SSSR count). The second kappa shape index (κ2) is 11.5. The van der Waals surface area contributed by atoms with Crippen molar-refractivity contribution in [3.8, 4) is 0 Å². The average molecular weight is 482 g/mol. The van der Waals surface area contributed by atoms with Gasteiger partial charge in [-0.15, -0.1) is 0 Å². The molecule has 7 heteroatoms. The van der Waals surface area contributed by atoms with Crippen molar-refractivity contribution >= 4 is 35.0 Å². The SMILES string of the molecule is O=C(Nc1cccc(C(=O)N2CCC[C@H](C(=O)NCC3CCCCC3)C2)c1)c1ccc(Cl)cc1. The lowest BCUT2D eigenvalue weighted by Gasteiger charge is -2.32. The minimum atomic E-state index is -0.270. The highest BCUT2D eigenvalue weighted by Crippen LogP contribution is 2.24. The van der Waals surface area contributed by atoms with Crippen LogP contribution in [-0.2, 0) is 4.79 Å². The summed E-state index contributed by atoms with van der Waals surface area (Å²) in [5.74, 6) is 0.0901. The van der Waals surface area contributed by atoms with Gasteiger partial charge in [0.05, 0.1) is 5.92 Å². The number of rotatable bonds is 6. The maximum absolute atomic E-state index is 13.2. The van der Waals surface area contributed by atoms with Crippen LogP contribution in [0.15, 0.2) is 48.5 Å². The third-order valence-corrected chi connectivity index (χ3v) is 7.09. The Morgan fingerprint density at radius 1 is 0.912 bits per heavy atom. The number of halogens is 1. The van der Waals surface area contributed by atoms with Gasteiger partial charge in [-0.1, -0.05) is 36.9 Å². The van der Waals surface area contributed by atoms with Gasteiger partial charge in [0, 0.05) is 41.5 Å². The van der Waals surface area contributed by atoms with Gasteiger partial charge in [-0.05, 0) is 74.1 Å². The molecule has 0 bridgehead atoms. The van der Waals surface area contributed by atoms with Crippen LogP contribution in [0.5, 0.6) is 0 Å². The van der Waals surface area contributed by atoms with E-state index in [9.17, 15) is 14.4 Å². The van der Waals surface area contributed by atoms with Crippen LogP contribution in [0.25, 0.3) is 0 Å². The zero-order valence-corrected chi connectivity index (χ0v) is 20.2. The minimum absolute atomic E-state index is 0.0621. The van der Waals surface area contributed by atoms with Crippen molar-refractivity contribution in [2.75, 3.05) is 25.0 Å². The topological polar surface area (TPSA) is 78.5 Å². The van der Waals surface area contributed by atoms with Gasteiger partial charge in [0.2, 0.25) is 5.91 Å². The van der Waals surface area contributed by atoms with Crippen molar-refractivity contribution in [2.45, 2.75) is 44.9 Å². The molecule has 1 aliphatic heterocycles. The Kier molecular flexibility index (Phi) is 8.22. The molecule has 3 amide bonds. The fraction of sp³-hybridized carbons (Fsp3) is 0.444. The molecule has 1 heterocycles. The van der Waals surface area contributed by atoms with Crippen LogP contribution in [0.4, 0.5) is 5.69 Å². The number of nitrogens with zero attached hydrogens (tertiary/aromatic N) is 1. The molecule has 0 aromatic heterocycles. The highest BCUT2D eigenvalue weighted by atomic mass is 35.5. The molecule has 2 aliphatic rings. The number of likely N-dealkylation sites (tertiary alicyclic amines) is 1. The van der Waals surface area contributed by atoms with Gasteiger partial charge in [0.1, 0.15) is 0 Å². The molecule has 180 valence electrons. The lowest BCUT2D eigenvalue weighted by molar-refractivity contribution is -0.126. The molecule has 6 nitrogen and oxygen atoms in total. The normalized spacial score (nSPS) is 18.9. The number of hydrogen-bond donors (Lipinski definition) is 2. The summed E-state index contributed by atoms with van der Waals surface area (Å²) in [5, 5.41) is 6.53. The number of hydrogen-bond acceptors (Lipinski definition) is 3. The fourth-order valence-corrected chi connectivity index (χ4v) is 5.00. The first-order chi connectivity index (χ1) is 16.5. The smallest absolute Gasteiger partial charge is 0.255 e. The molecule has 2 N–H and O–H groups in total. The standard InChI is InChI=1S/C27H32ClN3O3/c28-23-13-11-20(12-14-23)26(33)30-24-10-4-8-21(16-24)27(34)31-15-5-9-22(18-31)25(32)29-17-19-6-2-1-3-7-19/h4,8,10-14,16,19,22H,1-3,5-7,9,15,17-18H2,(H,29,32)(H,30,33)/t22-/m0/s1. The number of benzene rings is 2. The summed E-state index contributed by atoms with van der Waals surface area (Å²) in [5.41, 5.74) is 1.53. The molecule has 0 unspecified atom stereocenters. The van der Waals surface area contributed by atoms with E-state index in [4.69, 9.17) is 11.6 Å². The van der Waals surface area contributed by atoms with Gasteiger partial charge < -0.3 is 15.5 Å². The first-order valence-corrected chi connectivity index (χ1v) is 12.6. The first-order valence-electron chi connectivity index (χ1n) is 12.2. The predicted molar refractivity (Wildman–Crippen MR) is 134 cm³/mol. The van der Waals surface area contributed by atoms with Crippen molar-refractivity contribution in [1.29, 1.82) is 0 Å². The first kappa shape index (κ1) is 24.3. The molecule has 1 saturated heterocycles. The van der Waals surface area contributed by atoms with E-state index >= 15 is 0 Å². The van der Waals surface area contributed by atoms with Crippen LogP contribution in [-0.4, -0.2) is 42.3 Å². The largest absolute Gasteiger partial charge is 0.356 e. The summed E-state index contributed by atoms with van der Waals surface area (Å²) < 4.78 is 0. The van der Waals surface area contributed by atoms with Crippen molar-refractivity contribution in [3.63, 3.8) is 0 Å². The number of carbonyl (C=O) groups is 3. The third-order valence-electron chi connectivity index (χ3n) is 6.84. The predicted octanol–water partition coefficient (Wildman–Crippen LogP) is 5.14. The molecule has 1 aliphatic carbocycles. The summed E-state index contributed by atoms with van der Waals surface area (Å²) >= 11 is 5.89. The molecule has 34 heavy (non-hydrogen) atoms. The van der Waals surface area contributed by atoms with Gasteiger partial charge in [-0.2, -0.15) is 0 Å². The van der Waals surface area contributed by atoms with E-state index in [-0.39, 0.29) is 23.6 Å². The Labute approximate surface area is 206 Å². The highest BCUT2D eigenvalue weighted by molar-refractivity contribution is 6.30. The summed E-state index contributed by atoms with van der Waals surface area (Å²) in [4.78, 5) is 40.2. The van der Waals surface area contributed by atoms with E-state index in [0.29, 0.717) is 40.8 Å². The lowest BCUT2D eigenvalue weighted by atomic mass is 9.89. The van der Waals surface area contributed by atoms with E-state index < -0.39 is 0 Å². The molecular formula is C27H32ClN3O3. The maximum atomic E-state index is 13.2. The number of carbonyl (C=O) groups excluding carboxylic acids is 3. The Hall–Kier alpha value is -2.86. The quantitative estimate of drug-likeness (QED) is 0.599. The van der Waals surface area contributed by atoms with Crippen LogP contribution in [0.1, 0.15) is 65.7 Å². The van der Waals surface area contributed by atoms with Crippen LogP contribution in [0.3, 0.4) is 0 Å². The van der Waals surface area contributed by atoms with Gasteiger partial charge >= 0.3 is 0 Å². The maximum Gasteiger partial charge on any atom is 0.255 e. The zero-order valence-electron chi connectivity index (χ0n) is 19.4. The number of piperidine rings is 1. The van der Waals surface area contributed by atoms with E-state index in [1.54, 1.807) is 53.4 Å². The summed E-state index contributed by atoms with van der Waals surface area (Å²) in [7, 11) is 0. The van der Waals surface area contributed by atoms with E-state index in [0.717, 1.165) is 19.4 Å². The van der Waals surface area contributed by atoms with E-state index in [1.165, 1.54) is 32.1 Å². The molecule has 2 aromatic carbocycles. The lowest BCUT2D eigenvalue weighted by Crippen LogP contribution is -2.46. The van der Waals surface area contributed by atoms with Crippen molar-refractivity contribution in [2.24, 2.45) is 11.8 Å². The molecule has 2 aromatic rings. The van der Waals surface area contributed by atoms with Crippen LogP contribution < -0.4 is 10.6 Å². The Morgan fingerprint density at radius 2 is 1.68 bits per heavy atom. The molecule has 1 saturated carbocycles. The summed E-state index contributed by atoms with van der Waals surface area (Å²) in [6.07, 6.45) is 7.81. The number of anilines is 1. The number of amides is 3. The van der Waals surface area contributed by atoms with E-state index in [2.05, 4.69) is 10.6 Å². The Morgan fingerprint density at radius 3 is 2.44 bits per heavy atom. The van der Waals surface area contributed by atoms with Crippen molar-refractivity contribution in [3.05, 3.63) is 64.7 Å². The van der Waals surface area contributed by atoms with Gasteiger partial charge in [-0.25, -0.2) is 0 Å². The average Bonchev–Trinajstić information content (AvgIpc) is 2.88. The zero-order chi connectivity index (χ0) is 23.9. The van der Waals surface area contributed by atoms with Gasteiger partial charge in [0.15, 0.2) is 0 Å². The highest BCUT2D eigenvalue weighted by Gasteiger charge is 2.29. The van der Waals surface area contributed by atoms with Crippen LogP contribution in [0.2, 0.25) is 5.02 Å².